The van der Waals surface area contributed by atoms with Crippen LogP contribution in [0.15, 0.2) is 12.7 Å². The van der Waals surface area contributed by atoms with Crippen molar-refractivity contribution in [1.82, 2.24) is 0 Å². The summed E-state index contributed by atoms with van der Waals surface area (Å²) in [6, 6.07) is -1.04. The molecule has 0 unspecified atom stereocenters. The summed E-state index contributed by atoms with van der Waals surface area (Å²) in [6.07, 6.45) is 2.27. The Kier molecular flexibility index (Phi) is 6.09. The van der Waals surface area contributed by atoms with Gasteiger partial charge in [0.25, 0.3) is 6.04 Å². The van der Waals surface area contributed by atoms with E-state index in [-0.39, 0.29) is 0 Å². The van der Waals surface area contributed by atoms with Crippen molar-refractivity contribution in [2.24, 2.45) is 0 Å². The molecule has 2 atom stereocenters. The van der Waals surface area contributed by atoms with Crippen molar-refractivity contribution in [2.45, 2.75) is 25.0 Å². The Bertz CT molecular complexity index is 172. The molecule has 0 spiro atoms. The van der Waals surface area contributed by atoms with Gasteiger partial charge in [0.05, 0.1) is 0 Å². The molecule has 13 heavy (non-hydrogen) atoms. The van der Waals surface area contributed by atoms with E-state index in [0.717, 1.165) is 0 Å². The number of rotatable bonds is 7. The van der Waals surface area contributed by atoms with Crippen molar-refractivity contribution in [3.05, 3.63) is 22.8 Å². The summed E-state index contributed by atoms with van der Waals surface area (Å²) in [4.78, 5) is 9.92. The molecule has 0 rings (SSSR count). The summed E-state index contributed by atoms with van der Waals surface area (Å²) in [5, 5.41) is 19.2. The third-order valence-electron chi connectivity index (χ3n) is 1.85. The highest BCUT2D eigenvalue weighted by atomic mass is 16.6. The summed E-state index contributed by atoms with van der Waals surface area (Å²) >= 11 is 0. The number of hydrogen-bond donors (Lipinski definition) is 1. The first-order chi connectivity index (χ1) is 6.17. The van der Waals surface area contributed by atoms with Crippen LogP contribution in [-0.4, -0.2) is 35.9 Å². The van der Waals surface area contributed by atoms with Gasteiger partial charge in [-0.3, -0.25) is 10.1 Å². The Morgan fingerprint density at radius 2 is 2.38 bits per heavy atom. The van der Waals surface area contributed by atoms with E-state index in [2.05, 4.69) is 6.58 Å². The Labute approximate surface area is 77.2 Å². The second-order valence-corrected chi connectivity index (χ2v) is 2.68. The van der Waals surface area contributed by atoms with Crippen LogP contribution in [0.25, 0.3) is 0 Å². The van der Waals surface area contributed by atoms with Crippen molar-refractivity contribution in [2.75, 3.05) is 13.7 Å². The fourth-order valence-corrected chi connectivity index (χ4v) is 1.07. The fourth-order valence-electron chi connectivity index (χ4n) is 1.07. The zero-order valence-corrected chi connectivity index (χ0v) is 7.68. The van der Waals surface area contributed by atoms with E-state index in [9.17, 15) is 10.1 Å². The van der Waals surface area contributed by atoms with Gasteiger partial charge in [-0.2, -0.15) is 0 Å². The van der Waals surface area contributed by atoms with Gasteiger partial charge in [0.15, 0.2) is 0 Å². The van der Waals surface area contributed by atoms with E-state index >= 15 is 0 Å². The first-order valence-electron chi connectivity index (χ1n) is 4.05. The van der Waals surface area contributed by atoms with Crippen molar-refractivity contribution >= 4 is 0 Å². The van der Waals surface area contributed by atoms with Crippen LogP contribution >= 0.6 is 0 Å². The van der Waals surface area contributed by atoms with Gasteiger partial charge in [0, 0.05) is 12.0 Å². The molecule has 0 aromatic carbocycles. The van der Waals surface area contributed by atoms with Crippen LogP contribution in [0.5, 0.6) is 0 Å². The molecule has 76 valence electrons. The van der Waals surface area contributed by atoms with Gasteiger partial charge in [-0.25, -0.2) is 0 Å². The number of nitrogens with zero attached hydrogens (tertiary/aromatic N) is 1. The molecule has 0 aromatic rings. The van der Waals surface area contributed by atoms with Crippen LogP contribution in [0.1, 0.15) is 12.8 Å². The van der Waals surface area contributed by atoms with E-state index < -0.39 is 23.7 Å². The molecule has 0 aromatic heterocycles. The van der Waals surface area contributed by atoms with E-state index in [0.29, 0.717) is 12.8 Å². The minimum atomic E-state index is -1.04. The molecule has 5 heteroatoms. The smallest absolute Gasteiger partial charge is 0.261 e. The van der Waals surface area contributed by atoms with Gasteiger partial charge in [-0.05, 0) is 12.8 Å². The molecule has 0 aliphatic rings. The highest BCUT2D eigenvalue weighted by molar-refractivity contribution is 4.74. The predicted molar refractivity (Wildman–Crippen MR) is 48.1 cm³/mol. The van der Waals surface area contributed by atoms with Gasteiger partial charge >= 0.3 is 0 Å². The summed E-state index contributed by atoms with van der Waals surface area (Å²) < 4.78 is 4.92. The van der Waals surface area contributed by atoms with Crippen molar-refractivity contribution < 1.29 is 14.8 Å². The number of aliphatic hydroxyl groups excluding tert-OH is 1. The minimum absolute atomic E-state index is 0.497. The van der Waals surface area contributed by atoms with Crippen molar-refractivity contribution in [3.8, 4) is 0 Å². The first kappa shape index (κ1) is 12.1. The largest absolute Gasteiger partial charge is 0.389 e. The Morgan fingerprint density at radius 1 is 1.77 bits per heavy atom. The highest BCUT2D eigenvalue weighted by Gasteiger charge is 2.29. The van der Waals surface area contributed by atoms with Gasteiger partial charge in [-0.15, -0.1) is 6.58 Å². The van der Waals surface area contributed by atoms with Gasteiger partial charge in [0.1, 0.15) is 12.7 Å². The molecule has 0 saturated heterocycles. The van der Waals surface area contributed by atoms with Gasteiger partial charge in [-0.1, -0.05) is 6.08 Å². The molecule has 0 amide bonds. The van der Waals surface area contributed by atoms with Crippen molar-refractivity contribution in [1.29, 1.82) is 0 Å². The molecule has 0 fully saturated rings. The zero-order valence-electron chi connectivity index (χ0n) is 7.68. The monoisotopic (exact) mass is 189 g/mol. The van der Waals surface area contributed by atoms with Crippen LogP contribution in [0.4, 0.5) is 0 Å². The van der Waals surface area contributed by atoms with E-state index in [1.165, 1.54) is 7.11 Å². The Hall–Kier alpha value is -0.940. The predicted octanol–water partition coefficient (Wildman–Crippen LogP) is 0.605. The Balaban J connectivity index is 4.15. The molecule has 0 aliphatic heterocycles. The van der Waals surface area contributed by atoms with Crippen molar-refractivity contribution in [3.63, 3.8) is 0 Å². The molecule has 0 heterocycles. The quantitative estimate of drug-likeness (QED) is 0.361. The SMILES string of the molecule is C=CCC[C@@H](OC)[C@@H](CO)[N+](=O)[O-]. The second kappa shape index (κ2) is 6.56. The lowest BCUT2D eigenvalue weighted by Gasteiger charge is -2.16. The molecular formula is C8H15NO4. The average molecular weight is 189 g/mol. The molecule has 5 nitrogen and oxygen atoms in total. The average Bonchev–Trinajstić information content (AvgIpc) is 2.11. The molecule has 0 bridgehead atoms. The number of nitro groups is 1. The Morgan fingerprint density at radius 3 is 2.69 bits per heavy atom. The van der Waals surface area contributed by atoms with Crippen LogP contribution < -0.4 is 0 Å². The van der Waals surface area contributed by atoms with Crippen LogP contribution in [0.2, 0.25) is 0 Å². The van der Waals surface area contributed by atoms with Gasteiger partial charge in [0.2, 0.25) is 0 Å². The zero-order chi connectivity index (χ0) is 10.3. The number of allylic oxidation sites excluding steroid dienone is 1. The maximum atomic E-state index is 10.4. The fraction of sp³-hybridized carbons (Fsp3) is 0.750. The van der Waals surface area contributed by atoms with Crippen LogP contribution in [0.3, 0.4) is 0 Å². The summed E-state index contributed by atoms with van der Waals surface area (Å²) in [5.74, 6) is 0. The number of hydrogen-bond acceptors (Lipinski definition) is 4. The second-order valence-electron chi connectivity index (χ2n) is 2.68. The number of ether oxygens (including phenoxy) is 1. The van der Waals surface area contributed by atoms with E-state index in [4.69, 9.17) is 9.84 Å². The molecule has 0 aliphatic carbocycles. The third kappa shape index (κ3) is 4.00. The van der Waals surface area contributed by atoms with E-state index in [1.807, 2.05) is 0 Å². The number of aliphatic hydroxyl groups is 1. The normalized spacial score (nSPS) is 14.9. The standard InChI is InChI=1S/C8H15NO4/c1-3-4-5-8(13-2)7(6-10)9(11)12/h3,7-8,10H,1,4-6H2,2H3/t7-,8-/m1/s1. The lowest BCUT2D eigenvalue weighted by molar-refractivity contribution is -0.538. The first-order valence-corrected chi connectivity index (χ1v) is 4.05. The number of methoxy groups -OCH3 is 1. The highest BCUT2D eigenvalue weighted by Crippen LogP contribution is 2.09. The van der Waals surface area contributed by atoms with E-state index in [1.54, 1.807) is 6.08 Å². The maximum Gasteiger partial charge on any atom is 0.261 e. The lowest BCUT2D eigenvalue weighted by Crippen LogP contribution is -2.38. The summed E-state index contributed by atoms with van der Waals surface area (Å²) in [5.41, 5.74) is 0. The summed E-state index contributed by atoms with van der Waals surface area (Å²) in [7, 11) is 1.40. The molecular weight excluding hydrogens is 174 g/mol. The third-order valence-corrected chi connectivity index (χ3v) is 1.85. The maximum absolute atomic E-state index is 10.4. The lowest BCUT2D eigenvalue weighted by atomic mass is 10.1. The molecule has 0 saturated carbocycles. The molecule has 0 radical (unpaired) electrons. The van der Waals surface area contributed by atoms with Crippen LogP contribution in [-0.2, 0) is 4.74 Å². The van der Waals surface area contributed by atoms with Crippen LogP contribution in [0, 0.1) is 10.1 Å². The topological polar surface area (TPSA) is 72.6 Å². The molecule has 1 N–H and O–H groups in total. The summed E-state index contributed by atoms with van der Waals surface area (Å²) in [6.45, 7) is 3.01. The van der Waals surface area contributed by atoms with Gasteiger partial charge < -0.3 is 9.84 Å². The minimum Gasteiger partial charge on any atom is -0.389 e.